The standard InChI is InChI=1S/C19H24N4O2S/c1-25-17-11-14(8-9-20-17)21-19(24)23-10-4-5-13(12-23)18-22-15-6-2-3-7-16(15)26-18/h8-9,11,13H,2-7,10,12H2,1H3,(H,20,21,24). The van der Waals surface area contributed by atoms with E-state index in [-0.39, 0.29) is 6.03 Å². The van der Waals surface area contributed by atoms with Crippen LogP contribution in [0.1, 0.15) is 47.2 Å². The molecule has 1 aliphatic heterocycles. The largest absolute Gasteiger partial charge is 0.481 e. The predicted octanol–water partition coefficient (Wildman–Crippen LogP) is 3.84. The van der Waals surface area contributed by atoms with Gasteiger partial charge in [-0.05, 0) is 44.6 Å². The van der Waals surface area contributed by atoms with Crippen molar-refractivity contribution in [3.63, 3.8) is 0 Å². The van der Waals surface area contributed by atoms with E-state index in [1.165, 1.54) is 34.8 Å². The summed E-state index contributed by atoms with van der Waals surface area (Å²) in [5, 5.41) is 4.18. The van der Waals surface area contributed by atoms with E-state index in [9.17, 15) is 4.79 Å². The van der Waals surface area contributed by atoms with Crippen molar-refractivity contribution in [2.45, 2.75) is 44.4 Å². The molecule has 4 rings (SSSR count). The van der Waals surface area contributed by atoms with Gasteiger partial charge in [0.25, 0.3) is 0 Å². The molecule has 0 radical (unpaired) electrons. The lowest BCUT2D eigenvalue weighted by molar-refractivity contribution is 0.192. The third kappa shape index (κ3) is 3.67. The van der Waals surface area contributed by atoms with Gasteiger partial charge in [-0.1, -0.05) is 0 Å². The third-order valence-electron chi connectivity index (χ3n) is 5.12. The summed E-state index contributed by atoms with van der Waals surface area (Å²) in [6, 6.07) is 3.44. The van der Waals surface area contributed by atoms with E-state index < -0.39 is 0 Å². The number of amides is 2. The molecule has 1 N–H and O–H groups in total. The van der Waals surface area contributed by atoms with Crippen LogP contribution in [0.3, 0.4) is 0 Å². The van der Waals surface area contributed by atoms with Gasteiger partial charge in [-0.25, -0.2) is 14.8 Å². The van der Waals surface area contributed by atoms with Crippen LogP contribution in [0.4, 0.5) is 10.5 Å². The molecule has 1 saturated heterocycles. The third-order valence-corrected chi connectivity index (χ3v) is 6.44. The van der Waals surface area contributed by atoms with E-state index >= 15 is 0 Å². The molecule has 7 heteroatoms. The number of likely N-dealkylation sites (tertiary alicyclic amines) is 1. The number of aromatic nitrogens is 2. The SMILES string of the molecule is COc1cc(NC(=O)N2CCCC(c3nc4c(s3)CCCC4)C2)ccn1. The maximum Gasteiger partial charge on any atom is 0.321 e. The van der Waals surface area contributed by atoms with Crippen molar-refractivity contribution in [3.05, 3.63) is 33.9 Å². The number of rotatable bonds is 3. The van der Waals surface area contributed by atoms with Crippen LogP contribution in [0.2, 0.25) is 0 Å². The van der Waals surface area contributed by atoms with Gasteiger partial charge < -0.3 is 15.0 Å². The Hall–Kier alpha value is -2.15. The number of urea groups is 1. The first kappa shape index (κ1) is 17.3. The molecule has 0 saturated carbocycles. The molecule has 2 aromatic rings. The van der Waals surface area contributed by atoms with Crippen LogP contribution in [0.25, 0.3) is 0 Å². The van der Waals surface area contributed by atoms with Crippen LogP contribution in [-0.4, -0.2) is 41.1 Å². The van der Waals surface area contributed by atoms with Crippen LogP contribution >= 0.6 is 11.3 Å². The molecule has 2 aromatic heterocycles. The van der Waals surface area contributed by atoms with Gasteiger partial charge in [-0.15, -0.1) is 11.3 Å². The number of anilines is 1. The Bertz CT molecular complexity index is 768. The molecule has 1 unspecified atom stereocenters. The topological polar surface area (TPSA) is 67.3 Å². The van der Waals surface area contributed by atoms with Gasteiger partial charge in [0, 0.05) is 41.8 Å². The molecule has 0 aromatic carbocycles. The highest BCUT2D eigenvalue weighted by atomic mass is 32.1. The first-order valence-corrected chi connectivity index (χ1v) is 10.1. The van der Waals surface area contributed by atoms with E-state index in [1.54, 1.807) is 25.4 Å². The molecule has 3 heterocycles. The number of thiazole rings is 1. The van der Waals surface area contributed by atoms with Crippen molar-refractivity contribution in [3.8, 4) is 5.88 Å². The molecule has 0 spiro atoms. The minimum atomic E-state index is -0.0655. The summed E-state index contributed by atoms with van der Waals surface area (Å²) in [6.45, 7) is 1.52. The number of nitrogens with one attached hydrogen (secondary N) is 1. The average Bonchev–Trinajstić information content (AvgIpc) is 3.12. The van der Waals surface area contributed by atoms with Gasteiger partial charge in [0.15, 0.2) is 0 Å². The lowest BCUT2D eigenvalue weighted by atomic mass is 9.98. The first-order chi connectivity index (χ1) is 12.7. The van der Waals surface area contributed by atoms with Gasteiger partial charge in [-0.3, -0.25) is 0 Å². The fourth-order valence-electron chi connectivity index (χ4n) is 3.71. The number of pyridine rings is 1. The van der Waals surface area contributed by atoms with Crippen molar-refractivity contribution in [1.82, 2.24) is 14.9 Å². The summed E-state index contributed by atoms with van der Waals surface area (Å²) in [5.74, 6) is 0.852. The predicted molar refractivity (Wildman–Crippen MR) is 102 cm³/mol. The maximum absolute atomic E-state index is 12.7. The first-order valence-electron chi connectivity index (χ1n) is 9.27. The Balaban J connectivity index is 1.42. The Labute approximate surface area is 157 Å². The second-order valence-corrected chi connectivity index (χ2v) is 8.05. The summed E-state index contributed by atoms with van der Waals surface area (Å²) in [5.41, 5.74) is 2.01. The summed E-state index contributed by atoms with van der Waals surface area (Å²) in [6.07, 6.45) is 8.59. The zero-order chi connectivity index (χ0) is 17.9. The van der Waals surface area contributed by atoms with Gasteiger partial charge >= 0.3 is 6.03 Å². The molecular formula is C19H24N4O2S. The average molecular weight is 372 g/mol. The molecule has 2 amide bonds. The van der Waals surface area contributed by atoms with Gasteiger partial charge in [0.1, 0.15) is 0 Å². The number of carbonyl (C=O) groups excluding carboxylic acids is 1. The Morgan fingerprint density at radius 3 is 3.08 bits per heavy atom. The molecule has 138 valence electrons. The second-order valence-electron chi connectivity index (χ2n) is 6.93. The van der Waals surface area contributed by atoms with E-state index in [0.717, 1.165) is 32.4 Å². The lowest BCUT2D eigenvalue weighted by Gasteiger charge is -2.31. The summed E-state index contributed by atoms with van der Waals surface area (Å²) in [7, 11) is 1.57. The van der Waals surface area contributed by atoms with E-state index in [4.69, 9.17) is 9.72 Å². The number of aryl methyl sites for hydroxylation is 2. The van der Waals surface area contributed by atoms with Crippen molar-refractivity contribution < 1.29 is 9.53 Å². The van der Waals surface area contributed by atoms with E-state index in [0.29, 0.717) is 17.5 Å². The highest BCUT2D eigenvalue weighted by Gasteiger charge is 2.28. The number of nitrogens with zero attached hydrogens (tertiary/aromatic N) is 3. The molecule has 26 heavy (non-hydrogen) atoms. The van der Waals surface area contributed by atoms with E-state index in [2.05, 4.69) is 10.3 Å². The minimum Gasteiger partial charge on any atom is -0.481 e. The van der Waals surface area contributed by atoms with Gasteiger partial charge in [0.2, 0.25) is 5.88 Å². The van der Waals surface area contributed by atoms with Crippen LogP contribution in [-0.2, 0) is 12.8 Å². The Kier molecular flexibility index (Phi) is 5.06. The summed E-state index contributed by atoms with van der Waals surface area (Å²) in [4.78, 5) is 25.0. The quantitative estimate of drug-likeness (QED) is 0.889. The number of carbonyl (C=O) groups is 1. The fourth-order valence-corrected chi connectivity index (χ4v) is 4.99. The molecule has 2 aliphatic rings. The maximum atomic E-state index is 12.7. The van der Waals surface area contributed by atoms with E-state index in [1.807, 2.05) is 16.2 Å². The molecular weight excluding hydrogens is 348 g/mol. The molecule has 1 atom stereocenters. The van der Waals surface area contributed by atoms with Crippen LogP contribution in [0, 0.1) is 0 Å². The number of hydrogen-bond acceptors (Lipinski definition) is 5. The Morgan fingerprint density at radius 2 is 2.23 bits per heavy atom. The fraction of sp³-hybridized carbons (Fsp3) is 0.526. The van der Waals surface area contributed by atoms with Crippen molar-refractivity contribution in [2.24, 2.45) is 0 Å². The summed E-state index contributed by atoms with van der Waals surface area (Å²) < 4.78 is 5.11. The number of methoxy groups -OCH3 is 1. The van der Waals surface area contributed by atoms with Crippen LogP contribution in [0.5, 0.6) is 5.88 Å². The van der Waals surface area contributed by atoms with Crippen molar-refractivity contribution >= 4 is 23.1 Å². The number of ether oxygens (including phenoxy) is 1. The number of piperidine rings is 1. The van der Waals surface area contributed by atoms with Crippen molar-refractivity contribution in [2.75, 3.05) is 25.5 Å². The molecule has 0 bridgehead atoms. The molecule has 6 nitrogen and oxygen atoms in total. The van der Waals surface area contributed by atoms with Gasteiger partial charge in [0.05, 0.1) is 17.8 Å². The monoisotopic (exact) mass is 372 g/mol. The zero-order valence-electron chi connectivity index (χ0n) is 15.0. The summed E-state index contributed by atoms with van der Waals surface area (Å²) >= 11 is 1.87. The molecule has 1 fully saturated rings. The van der Waals surface area contributed by atoms with Crippen LogP contribution in [0.15, 0.2) is 18.3 Å². The number of fused-ring (bicyclic) bond motifs is 1. The lowest BCUT2D eigenvalue weighted by Crippen LogP contribution is -2.41. The smallest absolute Gasteiger partial charge is 0.321 e. The normalized spacial score (nSPS) is 19.7. The van der Waals surface area contributed by atoms with Crippen LogP contribution < -0.4 is 10.1 Å². The highest BCUT2D eigenvalue weighted by Crippen LogP contribution is 2.34. The second kappa shape index (κ2) is 7.61. The zero-order valence-corrected chi connectivity index (χ0v) is 15.8. The molecule has 1 aliphatic carbocycles. The minimum absolute atomic E-state index is 0.0655. The van der Waals surface area contributed by atoms with Gasteiger partial charge in [-0.2, -0.15) is 0 Å². The van der Waals surface area contributed by atoms with Crippen molar-refractivity contribution in [1.29, 1.82) is 0 Å². The highest BCUT2D eigenvalue weighted by molar-refractivity contribution is 7.11. The number of hydrogen-bond donors (Lipinski definition) is 1. The Morgan fingerprint density at radius 1 is 1.35 bits per heavy atom.